The molecule has 0 spiro atoms. The second kappa shape index (κ2) is 7.67. The van der Waals surface area contributed by atoms with Gasteiger partial charge in [-0.25, -0.2) is 0 Å². The van der Waals surface area contributed by atoms with Gasteiger partial charge in [0.25, 0.3) is 0 Å². The van der Waals surface area contributed by atoms with E-state index in [0.29, 0.717) is 30.3 Å². The van der Waals surface area contributed by atoms with E-state index in [0.717, 1.165) is 18.4 Å². The number of hydrogen-bond acceptors (Lipinski definition) is 2. The molecule has 0 heterocycles. The van der Waals surface area contributed by atoms with Crippen molar-refractivity contribution < 1.29 is 4.79 Å². The average molecular weight is 337 g/mol. The first-order chi connectivity index (χ1) is 10.5. The predicted molar refractivity (Wildman–Crippen MR) is 96.8 cm³/mol. The summed E-state index contributed by atoms with van der Waals surface area (Å²) in [7, 11) is 0. The normalized spacial score (nSPS) is 29.5. The fourth-order valence-electron chi connectivity index (χ4n) is 4.43. The third kappa shape index (κ3) is 4.27. The molecule has 3 rings (SSSR count). The maximum atomic E-state index is 12.5. The van der Waals surface area contributed by atoms with Crippen LogP contribution in [0.15, 0.2) is 18.2 Å². The summed E-state index contributed by atoms with van der Waals surface area (Å²) in [6.07, 6.45) is 6.38. The summed E-state index contributed by atoms with van der Waals surface area (Å²) in [4.78, 5) is 12.5. The van der Waals surface area contributed by atoms with Crippen LogP contribution >= 0.6 is 12.4 Å². The molecule has 2 aliphatic carbocycles. The van der Waals surface area contributed by atoms with Crippen molar-refractivity contribution in [3.8, 4) is 0 Å². The van der Waals surface area contributed by atoms with Gasteiger partial charge in [0, 0.05) is 12.1 Å². The monoisotopic (exact) mass is 336 g/mol. The highest BCUT2D eigenvalue weighted by atomic mass is 35.5. The Bertz CT molecular complexity index is 546. The van der Waals surface area contributed by atoms with Gasteiger partial charge in [0.2, 0.25) is 5.91 Å². The van der Waals surface area contributed by atoms with Crippen molar-refractivity contribution in [2.24, 2.45) is 17.6 Å². The average Bonchev–Trinajstić information content (AvgIpc) is 2.44. The van der Waals surface area contributed by atoms with Crippen LogP contribution in [0.5, 0.6) is 0 Å². The van der Waals surface area contributed by atoms with E-state index in [9.17, 15) is 4.79 Å². The van der Waals surface area contributed by atoms with Gasteiger partial charge in [0.15, 0.2) is 0 Å². The first-order valence-electron chi connectivity index (χ1n) is 8.64. The lowest BCUT2D eigenvalue weighted by molar-refractivity contribution is -0.122. The first kappa shape index (κ1) is 18.3. The van der Waals surface area contributed by atoms with Crippen molar-refractivity contribution in [3.05, 3.63) is 34.9 Å². The number of hydrogen-bond donors (Lipinski definition) is 2. The van der Waals surface area contributed by atoms with Gasteiger partial charge >= 0.3 is 0 Å². The van der Waals surface area contributed by atoms with Crippen molar-refractivity contribution in [2.75, 3.05) is 0 Å². The molecule has 0 aliphatic heterocycles. The number of rotatable bonds is 3. The molecule has 1 aromatic rings. The number of fused-ring (bicyclic) bond motifs is 2. The largest absolute Gasteiger partial charge is 0.353 e. The van der Waals surface area contributed by atoms with Crippen molar-refractivity contribution >= 4 is 18.3 Å². The van der Waals surface area contributed by atoms with Gasteiger partial charge in [0.05, 0.1) is 6.42 Å². The van der Waals surface area contributed by atoms with Crippen molar-refractivity contribution in [3.63, 3.8) is 0 Å². The molecule has 0 saturated heterocycles. The zero-order valence-electron chi connectivity index (χ0n) is 14.2. The second-order valence-electron chi connectivity index (χ2n) is 7.38. The summed E-state index contributed by atoms with van der Waals surface area (Å²) in [5.41, 5.74) is 9.73. The Morgan fingerprint density at radius 2 is 1.87 bits per heavy atom. The standard InChI is InChI=1S/C19H28N2O.ClH/c1-12-6-7-13(2)16(8-12)11-18(22)21-19-14-4-3-5-15(19)10-17(20)9-14;/h6-8,14-15,17,19H,3-5,9-11,20H2,1-2H3,(H,21,22);1H. The van der Waals surface area contributed by atoms with E-state index >= 15 is 0 Å². The number of nitrogens with two attached hydrogens (primary N) is 1. The summed E-state index contributed by atoms with van der Waals surface area (Å²) in [5.74, 6) is 1.35. The van der Waals surface area contributed by atoms with Gasteiger partial charge in [-0.15, -0.1) is 12.4 Å². The third-order valence-electron chi connectivity index (χ3n) is 5.56. The number of aryl methyl sites for hydroxylation is 2. The molecule has 2 bridgehead atoms. The second-order valence-corrected chi connectivity index (χ2v) is 7.38. The number of amides is 1. The Kier molecular flexibility index (Phi) is 6.10. The molecule has 2 atom stereocenters. The fraction of sp³-hybridized carbons (Fsp3) is 0.632. The van der Waals surface area contributed by atoms with E-state index in [1.165, 1.54) is 30.4 Å². The van der Waals surface area contributed by atoms with E-state index in [4.69, 9.17) is 5.73 Å². The summed E-state index contributed by atoms with van der Waals surface area (Å²) in [6.45, 7) is 4.16. The summed E-state index contributed by atoms with van der Waals surface area (Å²) >= 11 is 0. The summed E-state index contributed by atoms with van der Waals surface area (Å²) in [5, 5.41) is 3.34. The lowest BCUT2D eigenvalue weighted by Crippen LogP contribution is -2.54. The lowest BCUT2D eigenvalue weighted by Gasteiger charge is -2.45. The molecular formula is C19H29ClN2O. The van der Waals surface area contributed by atoms with Crippen LogP contribution in [0.25, 0.3) is 0 Å². The van der Waals surface area contributed by atoms with Gasteiger partial charge in [-0.1, -0.05) is 30.2 Å². The van der Waals surface area contributed by atoms with Gasteiger partial charge in [-0.3, -0.25) is 4.79 Å². The van der Waals surface area contributed by atoms with Crippen molar-refractivity contribution in [1.29, 1.82) is 0 Å². The Morgan fingerprint density at radius 3 is 2.52 bits per heavy atom. The molecule has 2 saturated carbocycles. The topological polar surface area (TPSA) is 55.1 Å². The van der Waals surface area contributed by atoms with E-state index in [-0.39, 0.29) is 18.3 Å². The number of carbonyl (C=O) groups excluding carboxylic acids is 1. The van der Waals surface area contributed by atoms with Crippen molar-refractivity contribution in [2.45, 2.75) is 64.5 Å². The van der Waals surface area contributed by atoms with Crippen LogP contribution in [0.1, 0.15) is 48.8 Å². The van der Waals surface area contributed by atoms with E-state index in [1.54, 1.807) is 0 Å². The Hall–Kier alpha value is -1.06. The SMILES string of the molecule is Cc1ccc(C)c(CC(=O)NC2C3CCCC2CC(N)C3)c1.Cl. The Balaban J connectivity index is 0.00000192. The smallest absolute Gasteiger partial charge is 0.224 e. The molecule has 23 heavy (non-hydrogen) atoms. The van der Waals surface area contributed by atoms with Crippen LogP contribution in [0, 0.1) is 25.7 Å². The van der Waals surface area contributed by atoms with Gasteiger partial charge in [-0.2, -0.15) is 0 Å². The van der Waals surface area contributed by atoms with Gasteiger partial charge in [0.1, 0.15) is 0 Å². The first-order valence-corrected chi connectivity index (χ1v) is 8.64. The number of carbonyl (C=O) groups is 1. The fourth-order valence-corrected chi connectivity index (χ4v) is 4.43. The van der Waals surface area contributed by atoms with Crippen molar-refractivity contribution in [1.82, 2.24) is 5.32 Å². The highest BCUT2D eigenvalue weighted by Crippen LogP contribution is 2.39. The van der Waals surface area contributed by atoms with Crippen LogP contribution in [0.2, 0.25) is 0 Å². The van der Waals surface area contributed by atoms with Crippen LogP contribution in [0.4, 0.5) is 0 Å². The molecule has 0 aromatic heterocycles. The van der Waals surface area contributed by atoms with Gasteiger partial charge < -0.3 is 11.1 Å². The molecule has 1 aromatic carbocycles. The quantitative estimate of drug-likeness (QED) is 0.889. The minimum Gasteiger partial charge on any atom is -0.353 e. The van der Waals surface area contributed by atoms with Gasteiger partial charge in [-0.05, 0) is 62.5 Å². The maximum Gasteiger partial charge on any atom is 0.224 e. The molecule has 3 N–H and O–H groups in total. The highest BCUT2D eigenvalue weighted by Gasteiger charge is 2.39. The zero-order valence-corrected chi connectivity index (χ0v) is 15.0. The minimum absolute atomic E-state index is 0. The molecule has 1 amide bonds. The molecule has 2 fully saturated rings. The summed E-state index contributed by atoms with van der Waals surface area (Å²) in [6, 6.07) is 7.02. The Morgan fingerprint density at radius 1 is 1.22 bits per heavy atom. The lowest BCUT2D eigenvalue weighted by atomic mass is 9.67. The van der Waals surface area contributed by atoms with Crippen LogP contribution < -0.4 is 11.1 Å². The number of halogens is 1. The molecule has 2 aliphatic rings. The summed E-state index contributed by atoms with van der Waals surface area (Å²) < 4.78 is 0. The van der Waals surface area contributed by atoms with E-state index in [1.807, 2.05) is 0 Å². The minimum atomic E-state index is 0. The number of benzene rings is 1. The maximum absolute atomic E-state index is 12.5. The molecule has 3 nitrogen and oxygen atoms in total. The molecular weight excluding hydrogens is 308 g/mol. The van der Waals surface area contributed by atoms with Crippen LogP contribution in [0.3, 0.4) is 0 Å². The molecule has 2 unspecified atom stereocenters. The zero-order chi connectivity index (χ0) is 15.7. The van der Waals surface area contributed by atoms with Crippen LogP contribution in [-0.2, 0) is 11.2 Å². The molecule has 0 radical (unpaired) electrons. The third-order valence-corrected chi connectivity index (χ3v) is 5.56. The molecule has 4 heteroatoms. The Labute approximate surface area is 145 Å². The number of nitrogens with one attached hydrogen (secondary N) is 1. The van der Waals surface area contributed by atoms with E-state index in [2.05, 4.69) is 37.4 Å². The predicted octanol–water partition coefficient (Wildman–Crippen LogP) is 3.29. The highest BCUT2D eigenvalue weighted by molar-refractivity contribution is 5.85. The van der Waals surface area contributed by atoms with Crippen LogP contribution in [-0.4, -0.2) is 18.0 Å². The molecule has 128 valence electrons. The van der Waals surface area contributed by atoms with E-state index < -0.39 is 0 Å².